The number of carbonyl (C=O) groups is 2. The van der Waals surface area contributed by atoms with Crippen LogP contribution in [-0.4, -0.2) is 136 Å². The van der Waals surface area contributed by atoms with Gasteiger partial charge in [-0.2, -0.15) is 0 Å². The molecule has 4 N–H and O–H groups in total. The van der Waals surface area contributed by atoms with Gasteiger partial charge in [-0.1, -0.05) is 27.7 Å². The number of ether oxygens (including phenoxy) is 6. The third-order valence-corrected chi connectivity index (χ3v) is 11.7. The summed E-state index contributed by atoms with van der Waals surface area (Å²) in [5.41, 5.74) is -4.64. The van der Waals surface area contributed by atoms with Crippen LogP contribution in [-0.2, 0) is 38.0 Å². The molecule has 13 nitrogen and oxygen atoms in total. The topological polar surface area (TPSA) is 174 Å². The maximum atomic E-state index is 14.1. The smallest absolute Gasteiger partial charge is 0.311 e. The molecule has 0 aliphatic carbocycles. The monoisotopic (exact) mass is 717 g/mol. The van der Waals surface area contributed by atoms with Gasteiger partial charge in [-0.15, -0.1) is 0 Å². The molecular formula is C37H67NO12. The molecule has 0 aromatic rings. The lowest BCUT2D eigenvalue weighted by molar-refractivity contribution is -0.308. The highest BCUT2D eigenvalue weighted by atomic mass is 16.7. The summed E-state index contributed by atoms with van der Waals surface area (Å²) in [4.78, 5) is 30.0. The van der Waals surface area contributed by atoms with Gasteiger partial charge in [0.05, 0.1) is 47.6 Å². The lowest BCUT2D eigenvalue weighted by atomic mass is 9.74. The van der Waals surface area contributed by atoms with Crippen LogP contribution in [0.1, 0.15) is 101 Å². The van der Waals surface area contributed by atoms with Crippen LogP contribution < -0.4 is 0 Å². The average Bonchev–Trinajstić information content (AvgIpc) is 3.04. The minimum atomic E-state index is -1.96. The SMILES string of the molecule is CC[C@H]1OC(=O)[C@H](C)[C@@H](O[C@H]2C[C@@](C)(OC)[C@@H](O)[C@H](C)O2)[C@H](C)[C@@H](O[C@H]2C[C@@H](N(C)C)C[C@@H](C)O2)C(C)(O)C[C@@H](C)C(=O)[C@H](C)[C@@H](O)[C@]1(C)O. The van der Waals surface area contributed by atoms with Crippen LogP contribution in [0.3, 0.4) is 0 Å². The van der Waals surface area contributed by atoms with Gasteiger partial charge in [0, 0.05) is 43.7 Å². The summed E-state index contributed by atoms with van der Waals surface area (Å²) >= 11 is 0. The zero-order valence-corrected chi connectivity index (χ0v) is 32.6. The largest absolute Gasteiger partial charge is 0.459 e. The van der Waals surface area contributed by atoms with Crippen LogP contribution in [0.25, 0.3) is 0 Å². The number of aliphatic hydroxyl groups excluding tert-OH is 2. The maximum Gasteiger partial charge on any atom is 0.311 e. The number of aliphatic hydroxyl groups is 4. The van der Waals surface area contributed by atoms with Crippen molar-refractivity contribution in [3.8, 4) is 0 Å². The number of hydrogen-bond acceptors (Lipinski definition) is 13. The van der Waals surface area contributed by atoms with E-state index < -0.39 is 95.6 Å². The van der Waals surface area contributed by atoms with Gasteiger partial charge in [0.1, 0.15) is 23.6 Å². The molecule has 3 aliphatic heterocycles. The third-order valence-electron chi connectivity index (χ3n) is 11.7. The second kappa shape index (κ2) is 16.8. The number of Topliss-reactive ketones (excluding diaryl/α,β-unsaturated/α-hetero) is 1. The Morgan fingerprint density at radius 2 is 1.48 bits per heavy atom. The number of nitrogens with zero attached hydrogens (tertiary/aromatic N) is 1. The molecule has 50 heavy (non-hydrogen) atoms. The molecule has 3 rings (SSSR count). The predicted molar refractivity (Wildman–Crippen MR) is 185 cm³/mol. The quantitative estimate of drug-likeness (QED) is 0.284. The van der Waals surface area contributed by atoms with Crippen molar-refractivity contribution >= 4 is 11.8 Å². The summed E-state index contributed by atoms with van der Waals surface area (Å²) in [5.74, 6) is -4.57. The lowest BCUT2D eigenvalue weighted by Gasteiger charge is -2.48. The van der Waals surface area contributed by atoms with E-state index in [1.807, 2.05) is 27.9 Å². The molecule has 3 heterocycles. The Balaban J connectivity index is 2.15. The van der Waals surface area contributed by atoms with E-state index in [2.05, 4.69) is 4.90 Å². The lowest BCUT2D eigenvalue weighted by Crippen LogP contribution is -2.60. The molecule has 0 radical (unpaired) electrons. The highest BCUT2D eigenvalue weighted by Crippen LogP contribution is 2.40. The fourth-order valence-corrected chi connectivity index (χ4v) is 8.36. The van der Waals surface area contributed by atoms with Gasteiger partial charge in [-0.05, 0) is 74.9 Å². The Labute approximate surface area is 299 Å². The van der Waals surface area contributed by atoms with Crippen LogP contribution in [0.15, 0.2) is 0 Å². The first-order chi connectivity index (χ1) is 23.0. The van der Waals surface area contributed by atoms with E-state index in [0.717, 1.165) is 6.42 Å². The van der Waals surface area contributed by atoms with Crippen molar-refractivity contribution in [2.75, 3.05) is 21.2 Å². The van der Waals surface area contributed by atoms with Gasteiger partial charge >= 0.3 is 5.97 Å². The molecule has 0 amide bonds. The third kappa shape index (κ3) is 9.45. The highest BCUT2D eigenvalue weighted by molar-refractivity contribution is 5.83. The van der Waals surface area contributed by atoms with Crippen LogP contribution in [0.5, 0.6) is 0 Å². The molecule has 0 bridgehead atoms. The zero-order valence-electron chi connectivity index (χ0n) is 32.6. The molecule has 17 atom stereocenters. The second-order valence-corrected chi connectivity index (χ2v) is 16.4. The van der Waals surface area contributed by atoms with Crippen LogP contribution >= 0.6 is 0 Å². The van der Waals surface area contributed by atoms with Gasteiger partial charge in [-0.25, -0.2) is 0 Å². The molecule has 3 fully saturated rings. The van der Waals surface area contributed by atoms with E-state index in [1.165, 1.54) is 21.0 Å². The van der Waals surface area contributed by atoms with Crippen molar-refractivity contribution < 1.29 is 58.4 Å². The van der Waals surface area contributed by atoms with Crippen molar-refractivity contribution in [3.05, 3.63) is 0 Å². The number of methoxy groups -OCH3 is 1. The molecule has 0 spiro atoms. The standard InChI is InChI=1S/C37H67NO12/c1-14-26-37(10,44)31(40)21(4)29(39)19(2)17-35(8,43)33(50-27-16-25(38(11)12)15-20(3)46-27)22(5)30(23(6)34(42)48-26)49-28-18-36(9,45-13)32(41)24(7)47-28/h19-28,30-33,40-41,43-44H,14-18H2,1-13H3/t19-,20-,21+,22+,23-,24+,25+,26-,27+,28+,30+,31-,32+,33-,35?,36-,37-/m1/s1. The maximum absolute atomic E-state index is 14.1. The molecule has 13 heteroatoms. The Bertz CT molecular complexity index is 1130. The summed E-state index contributed by atoms with van der Waals surface area (Å²) in [6.07, 6.45) is -6.53. The van der Waals surface area contributed by atoms with Crippen LogP contribution in [0.4, 0.5) is 0 Å². The molecule has 0 aromatic heterocycles. The molecule has 3 aliphatic rings. The Kier molecular flexibility index (Phi) is 14.5. The summed E-state index contributed by atoms with van der Waals surface area (Å²) in [5, 5.41) is 46.1. The van der Waals surface area contributed by atoms with Gasteiger partial charge in [0.15, 0.2) is 12.6 Å². The normalized spacial score (nSPS) is 49.0. The van der Waals surface area contributed by atoms with E-state index in [1.54, 1.807) is 41.5 Å². The summed E-state index contributed by atoms with van der Waals surface area (Å²) < 4.78 is 37.4. The van der Waals surface area contributed by atoms with Crippen LogP contribution in [0, 0.1) is 23.7 Å². The number of cyclic esters (lactones) is 1. The summed E-state index contributed by atoms with van der Waals surface area (Å²) in [6.45, 7) is 16.8. The van der Waals surface area contributed by atoms with E-state index in [4.69, 9.17) is 28.4 Å². The van der Waals surface area contributed by atoms with Gasteiger partial charge in [0.2, 0.25) is 0 Å². The van der Waals surface area contributed by atoms with Crippen molar-refractivity contribution in [2.45, 2.75) is 179 Å². The first-order valence-corrected chi connectivity index (χ1v) is 18.4. The molecule has 0 saturated carbocycles. The molecule has 1 unspecified atom stereocenters. The Morgan fingerprint density at radius 3 is 2.04 bits per heavy atom. The Hall–Kier alpha value is -1.26. The van der Waals surface area contributed by atoms with Gasteiger partial charge in [-0.3, -0.25) is 9.59 Å². The number of ketones is 1. The zero-order chi connectivity index (χ0) is 38.1. The van der Waals surface area contributed by atoms with Crippen molar-refractivity contribution in [3.63, 3.8) is 0 Å². The van der Waals surface area contributed by atoms with Crippen molar-refractivity contribution in [1.82, 2.24) is 4.90 Å². The fourth-order valence-electron chi connectivity index (χ4n) is 8.36. The number of carbonyl (C=O) groups excluding carboxylic acids is 2. The first-order valence-electron chi connectivity index (χ1n) is 18.4. The second-order valence-electron chi connectivity index (χ2n) is 16.4. The molecule has 292 valence electrons. The van der Waals surface area contributed by atoms with Crippen molar-refractivity contribution in [1.29, 1.82) is 0 Å². The number of esters is 1. The predicted octanol–water partition coefficient (Wildman–Crippen LogP) is 2.81. The summed E-state index contributed by atoms with van der Waals surface area (Å²) in [6, 6.07) is 0.153. The number of hydrogen-bond donors (Lipinski definition) is 4. The summed E-state index contributed by atoms with van der Waals surface area (Å²) in [7, 11) is 5.50. The fraction of sp³-hybridized carbons (Fsp3) is 0.946. The molecular weight excluding hydrogens is 650 g/mol. The molecule has 3 saturated heterocycles. The van der Waals surface area contributed by atoms with Crippen molar-refractivity contribution in [2.24, 2.45) is 23.7 Å². The molecule has 0 aromatic carbocycles. The van der Waals surface area contributed by atoms with Gasteiger partial charge < -0.3 is 53.7 Å². The minimum absolute atomic E-state index is 0.0485. The highest BCUT2D eigenvalue weighted by Gasteiger charge is 2.52. The van der Waals surface area contributed by atoms with Gasteiger partial charge in [0.25, 0.3) is 0 Å². The average molecular weight is 718 g/mol. The van der Waals surface area contributed by atoms with E-state index in [9.17, 15) is 30.0 Å². The van der Waals surface area contributed by atoms with E-state index in [-0.39, 0.29) is 37.2 Å². The van der Waals surface area contributed by atoms with E-state index in [0.29, 0.717) is 6.42 Å². The number of rotatable bonds is 7. The van der Waals surface area contributed by atoms with Crippen LogP contribution in [0.2, 0.25) is 0 Å². The first kappa shape index (κ1) is 43.1. The minimum Gasteiger partial charge on any atom is -0.459 e. The van der Waals surface area contributed by atoms with E-state index >= 15 is 0 Å². The Morgan fingerprint density at radius 1 is 0.860 bits per heavy atom.